The number of aromatic nitrogens is 2. The van der Waals surface area contributed by atoms with Crippen LogP contribution in [0.1, 0.15) is 55.3 Å². The van der Waals surface area contributed by atoms with Crippen molar-refractivity contribution in [3.05, 3.63) is 76.8 Å². The number of likely N-dealkylation sites (tertiary alicyclic amines) is 2. The summed E-state index contributed by atoms with van der Waals surface area (Å²) >= 11 is 2.44. The molecule has 0 spiro atoms. The van der Waals surface area contributed by atoms with Gasteiger partial charge in [-0.25, -0.2) is 9.97 Å². The molecule has 4 heterocycles. The number of methoxy groups -OCH3 is 3. The molecule has 59 heavy (non-hydrogen) atoms. The fourth-order valence-electron chi connectivity index (χ4n) is 7.70. The molecule has 7 rings (SSSR count). The van der Waals surface area contributed by atoms with Gasteiger partial charge in [-0.2, -0.15) is 0 Å². The van der Waals surface area contributed by atoms with E-state index in [1.54, 1.807) is 44.7 Å². The van der Waals surface area contributed by atoms with Crippen molar-refractivity contribution in [3.63, 3.8) is 0 Å². The largest absolute Gasteiger partial charge is 0.494 e. The summed E-state index contributed by atoms with van der Waals surface area (Å²) in [7, 11) is 4.64. The summed E-state index contributed by atoms with van der Waals surface area (Å²) < 4.78 is 29.0. The van der Waals surface area contributed by atoms with Crippen LogP contribution in [-0.2, 0) is 19.2 Å². The number of carbonyl (C=O) groups excluding carboxylic acids is 4. The molecule has 2 aliphatic rings. The molecule has 17 heteroatoms. The Bertz CT molecular complexity index is 2370. The summed E-state index contributed by atoms with van der Waals surface area (Å²) in [5.41, 5.74) is 2.83. The Morgan fingerprint density at radius 3 is 1.73 bits per heavy atom. The maximum absolute atomic E-state index is 15.0. The Kier molecular flexibility index (Phi) is 12.5. The molecular formula is C42H46N6O9S2. The number of nitrogens with zero attached hydrogens (tertiary/aromatic N) is 4. The molecule has 3 aromatic carbocycles. The first-order valence-corrected chi connectivity index (χ1v) is 20.9. The topological polar surface area (TPSA) is 171 Å². The summed E-state index contributed by atoms with van der Waals surface area (Å²) in [4.78, 5) is 70.3. The number of benzene rings is 3. The normalized spacial score (nSPS) is 17.5. The first-order chi connectivity index (χ1) is 28.5. The van der Waals surface area contributed by atoms with Crippen molar-refractivity contribution in [2.45, 2.75) is 57.5 Å². The zero-order valence-electron chi connectivity index (χ0n) is 33.6. The van der Waals surface area contributed by atoms with Crippen LogP contribution in [0.4, 0.5) is 10.3 Å². The van der Waals surface area contributed by atoms with Crippen molar-refractivity contribution >= 4 is 66.8 Å². The van der Waals surface area contributed by atoms with Gasteiger partial charge in [-0.05, 0) is 68.3 Å². The van der Waals surface area contributed by atoms with E-state index in [4.69, 9.17) is 23.7 Å². The molecule has 0 aliphatic carbocycles. The minimum atomic E-state index is -1.48. The second kappa shape index (κ2) is 17.9. The van der Waals surface area contributed by atoms with Crippen molar-refractivity contribution in [1.82, 2.24) is 19.8 Å². The fraction of sp³-hybridized carbons (Fsp3) is 0.381. The van der Waals surface area contributed by atoms with Crippen LogP contribution in [0.3, 0.4) is 0 Å². The summed E-state index contributed by atoms with van der Waals surface area (Å²) in [6.07, 6.45) is 0.0926. The number of hydrogen-bond donors (Lipinski definition) is 2. The molecule has 4 amide bonds. The number of thiazole rings is 2. The lowest BCUT2D eigenvalue weighted by molar-refractivity contribution is -0.145. The van der Waals surface area contributed by atoms with Gasteiger partial charge in [0.15, 0.2) is 33.3 Å². The molecular weight excluding hydrogens is 797 g/mol. The first kappa shape index (κ1) is 41.2. The number of aryl methyl sites for hydroxylation is 1. The van der Waals surface area contributed by atoms with Gasteiger partial charge in [0, 0.05) is 43.1 Å². The Hall–Kier alpha value is -5.94. The van der Waals surface area contributed by atoms with Gasteiger partial charge in [0.25, 0.3) is 11.8 Å². The van der Waals surface area contributed by atoms with E-state index < -0.39 is 23.9 Å². The molecule has 15 nitrogen and oxygen atoms in total. The lowest BCUT2D eigenvalue weighted by atomic mass is 9.97. The third-order valence-electron chi connectivity index (χ3n) is 10.4. The van der Waals surface area contributed by atoms with Gasteiger partial charge >= 0.3 is 0 Å². The van der Waals surface area contributed by atoms with Crippen LogP contribution in [0.25, 0.3) is 10.2 Å². The number of carbonyl (C=O) groups is 4. The number of rotatable bonds is 16. The van der Waals surface area contributed by atoms with Crippen molar-refractivity contribution in [1.29, 1.82) is 0 Å². The molecule has 2 aliphatic heterocycles. The highest BCUT2D eigenvalue weighted by atomic mass is 32.1. The fourth-order valence-corrected chi connectivity index (χ4v) is 9.28. The molecule has 4 atom stereocenters. The molecule has 0 radical (unpaired) electrons. The highest BCUT2D eigenvalue weighted by Crippen LogP contribution is 2.40. The van der Waals surface area contributed by atoms with Crippen LogP contribution in [-0.4, -0.2) is 103 Å². The molecule has 0 saturated carbocycles. The minimum absolute atomic E-state index is 0.0443. The summed E-state index contributed by atoms with van der Waals surface area (Å²) in [5.74, 6) is -0.158. The van der Waals surface area contributed by atoms with Crippen LogP contribution < -0.4 is 34.3 Å². The Morgan fingerprint density at radius 1 is 0.729 bits per heavy atom. The van der Waals surface area contributed by atoms with Gasteiger partial charge in [0.2, 0.25) is 11.8 Å². The van der Waals surface area contributed by atoms with E-state index in [-0.39, 0.29) is 54.7 Å². The molecule has 2 fully saturated rings. The predicted octanol–water partition coefficient (Wildman–Crippen LogP) is 6.23. The Labute approximate surface area is 349 Å². The molecule has 0 bridgehead atoms. The zero-order valence-corrected chi connectivity index (χ0v) is 35.2. The lowest BCUT2D eigenvalue weighted by Gasteiger charge is -2.37. The highest BCUT2D eigenvalue weighted by molar-refractivity contribution is 7.22. The SMILES string of the molecule is CCOc1cc(C2CC(=O)N(C(C(=O)Nc3nc(C)cs3)C(C(=O)Nc3nc4c(OC)cccc4s3)N3CC(c4ccc(OC)c(OCC)c4)CC3=O)C2)ccc1OC. The van der Waals surface area contributed by atoms with Crippen LogP contribution in [0.15, 0.2) is 60.0 Å². The maximum Gasteiger partial charge on any atom is 0.251 e. The first-order valence-electron chi connectivity index (χ1n) is 19.2. The van der Waals surface area contributed by atoms with Crippen LogP contribution in [0.5, 0.6) is 28.7 Å². The summed E-state index contributed by atoms with van der Waals surface area (Å²) in [6, 6.07) is 13.5. The highest BCUT2D eigenvalue weighted by Gasteiger charge is 2.51. The van der Waals surface area contributed by atoms with E-state index in [1.807, 2.05) is 50.2 Å². The standard InChI is InChI=1S/C42H46N6O9S2/c1-7-56-31-16-24(12-14-28(31)53-4)26-18-34(49)47(20-26)37(39(51)45-41-43-23(3)22-58-41)38(40(52)46-42-44-36-30(55-6)10-9-11-33(36)59-42)48-21-27(19-35(48)50)25-13-15-29(54-5)32(17-25)57-8-2/h9-17,22,26-27,37-38H,7-8,18-21H2,1-6H3,(H,43,45,51)(H,44,46,52). The van der Waals surface area contributed by atoms with Gasteiger partial charge in [-0.15, -0.1) is 11.3 Å². The average Bonchev–Trinajstić information content (AvgIpc) is 4.03. The number of ether oxygens (including phenoxy) is 5. The number of anilines is 2. The molecule has 2 N–H and O–H groups in total. The molecule has 310 valence electrons. The van der Waals surface area contributed by atoms with Gasteiger partial charge in [-0.1, -0.05) is 29.5 Å². The van der Waals surface area contributed by atoms with Gasteiger partial charge in [0.05, 0.1) is 44.9 Å². The summed E-state index contributed by atoms with van der Waals surface area (Å²) in [6.45, 7) is 6.49. The minimum Gasteiger partial charge on any atom is -0.494 e. The molecule has 2 aromatic heterocycles. The number of amides is 4. The van der Waals surface area contributed by atoms with E-state index in [2.05, 4.69) is 20.6 Å². The average molecular weight is 843 g/mol. The Balaban J connectivity index is 1.30. The Morgan fingerprint density at radius 2 is 1.25 bits per heavy atom. The van der Waals surface area contributed by atoms with Gasteiger partial charge in [-0.3, -0.25) is 19.2 Å². The van der Waals surface area contributed by atoms with Crippen molar-refractivity contribution < 1.29 is 42.9 Å². The van der Waals surface area contributed by atoms with E-state index in [0.29, 0.717) is 58.3 Å². The van der Waals surface area contributed by atoms with Crippen molar-refractivity contribution in [2.75, 3.05) is 58.3 Å². The zero-order chi connectivity index (χ0) is 41.8. The summed E-state index contributed by atoms with van der Waals surface area (Å²) in [5, 5.41) is 8.10. The van der Waals surface area contributed by atoms with E-state index in [0.717, 1.165) is 15.8 Å². The number of hydrogen-bond acceptors (Lipinski definition) is 13. The van der Waals surface area contributed by atoms with E-state index >= 15 is 0 Å². The quantitative estimate of drug-likeness (QED) is 0.115. The molecule has 5 aromatic rings. The monoisotopic (exact) mass is 842 g/mol. The van der Waals surface area contributed by atoms with Crippen LogP contribution >= 0.6 is 22.7 Å². The van der Waals surface area contributed by atoms with E-state index in [1.165, 1.54) is 39.6 Å². The van der Waals surface area contributed by atoms with Crippen molar-refractivity contribution in [2.24, 2.45) is 0 Å². The molecule has 2 saturated heterocycles. The second-order valence-electron chi connectivity index (χ2n) is 14.1. The van der Waals surface area contributed by atoms with E-state index in [9.17, 15) is 19.2 Å². The second-order valence-corrected chi connectivity index (χ2v) is 16.0. The van der Waals surface area contributed by atoms with Gasteiger partial charge < -0.3 is 44.1 Å². The lowest BCUT2D eigenvalue weighted by Crippen LogP contribution is -2.62. The third kappa shape index (κ3) is 8.61. The van der Waals surface area contributed by atoms with Crippen LogP contribution in [0, 0.1) is 6.92 Å². The third-order valence-corrected chi connectivity index (χ3v) is 12.2. The van der Waals surface area contributed by atoms with Crippen LogP contribution in [0.2, 0.25) is 0 Å². The molecule has 4 unspecified atom stereocenters. The van der Waals surface area contributed by atoms with Crippen molar-refractivity contribution in [3.8, 4) is 28.7 Å². The smallest absolute Gasteiger partial charge is 0.251 e. The van der Waals surface area contributed by atoms with Gasteiger partial charge in [0.1, 0.15) is 23.3 Å². The predicted molar refractivity (Wildman–Crippen MR) is 224 cm³/mol. The number of nitrogens with one attached hydrogen (secondary N) is 2. The maximum atomic E-state index is 15.0. The number of fused-ring (bicyclic) bond motifs is 1. The number of para-hydroxylation sites is 1.